The van der Waals surface area contributed by atoms with E-state index in [1.54, 1.807) is 20.8 Å². The topological polar surface area (TPSA) is 84.2 Å². The third-order valence-electron chi connectivity index (χ3n) is 3.76. The number of carbonyl (C=O) groups is 1. The van der Waals surface area contributed by atoms with Crippen molar-refractivity contribution in [1.29, 1.82) is 5.26 Å². The molecule has 0 heterocycles. The average molecular weight is 273 g/mol. The molecule has 1 aliphatic rings. The first-order valence-corrected chi connectivity index (χ1v) is 7.85. The Kier molecular flexibility index (Phi) is 4.38. The summed E-state index contributed by atoms with van der Waals surface area (Å²) in [5.41, 5.74) is -1.30. The van der Waals surface area contributed by atoms with E-state index in [1.165, 1.54) is 0 Å². The number of nitrogens with zero attached hydrogens (tertiary/aromatic N) is 1. The summed E-state index contributed by atoms with van der Waals surface area (Å²) in [6, 6.07) is 2.00. The van der Waals surface area contributed by atoms with Gasteiger partial charge in [0.25, 0.3) is 0 Å². The largest absolute Gasteiger partial charge is 0.465 e. The molecule has 1 aliphatic carbocycles. The van der Waals surface area contributed by atoms with E-state index in [1.807, 2.05) is 6.07 Å². The van der Waals surface area contributed by atoms with Gasteiger partial charge >= 0.3 is 5.97 Å². The molecule has 1 saturated carbocycles. The Morgan fingerprint density at radius 3 is 2.56 bits per heavy atom. The number of rotatable bonds is 4. The molecule has 0 aromatic carbocycles. The van der Waals surface area contributed by atoms with Gasteiger partial charge in [-0.3, -0.25) is 4.79 Å². The van der Waals surface area contributed by atoms with Crippen molar-refractivity contribution in [1.82, 2.24) is 0 Å². The standard InChI is InChI=1S/C12H19NO4S/c1-4-17-11(14)12(8-13)7-10(6-9(12)3)18(15,16)5-2/h9-10H,4-7H2,1-3H3/t9-,10-,12+/m0/s1. The predicted molar refractivity (Wildman–Crippen MR) is 66.3 cm³/mol. The molecule has 5 nitrogen and oxygen atoms in total. The lowest BCUT2D eigenvalue weighted by Crippen LogP contribution is -2.34. The molecule has 0 N–H and O–H groups in total. The fraction of sp³-hybridized carbons (Fsp3) is 0.833. The van der Waals surface area contributed by atoms with Gasteiger partial charge < -0.3 is 4.74 Å². The lowest BCUT2D eigenvalue weighted by atomic mass is 9.80. The molecule has 0 unspecified atom stereocenters. The van der Waals surface area contributed by atoms with Gasteiger partial charge in [-0.1, -0.05) is 13.8 Å². The van der Waals surface area contributed by atoms with E-state index in [-0.39, 0.29) is 24.7 Å². The fourth-order valence-corrected chi connectivity index (χ4v) is 4.06. The number of nitriles is 1. The van der Waals surface area contributed by atoms with Gasteiger partial charge in [-0.2, -0.15) is 5.26 Å². The maximum absolute atomic E-state index is 11.9. The van der Waals surface area contributed by atoms with Gasteiger partial charge in [0, 0.05) is 5.75 Å². The minimum absolute atomic E-state index is 0.0364. The summed E-state index contributed by atoms with van der Waals surface area (Å²) in [6.45, 7) is 5.19. The van der Waals surface area contributed by atoms with Crippen LogP contribution >= 0.6 is 0 Å². The highest BCUT2D eigenvalue weighted by molar-refractivity contribution is 7.92. The molecule has 0 aliphatic heterocycles. The van der Waals surface area contributed by atoms with E-state index in [0.717, 1.165) is 0 Å². The van der Waals surface area contributed by atoms with Crippen LogP contribution in [0.4, 0.5) is 0 Å². The zero-order chi connectivity index (χ0) is 14.0. The van der Waals surface area contributed by atoms with E-state index in [2.05, 4.69) is 0 Å². The molecule has 3 atom stereocenters. The first kappa shape index (κ1) is 15.0. The Balaban J connectivity index is 3.05. The molecule has 1 fully saturated rings. The lowest BCUT2D eigenvalue weighted by Gasteiger charge is -2.22. The van der Waals surface area contributed by atoms with E-state index in [4.69, 9.17) is 4.74 Å². The summed E-state index contributed by atoms with van der Waals surface area (Å²) in [6.07, 6.45) is 0.405. The first-order chi connectivity index (χ1) is 8.34. The monoisotopic (exact) mass is 273 g/mol. The Morgan fingerprint density at radius 2 is 2.11 bits per heavy atom. The molecular weight excluding hydrogens is 254 g/mol. The molecule has 0 aromatic rings. The van der Waals surface area contributed by atoms with Crippen LogP contribution in [0.3, 0.4) is 0 Å². The van der Waals surface area contributed by atoms with Gasteiger partial charge in [-0.05, 0) is 25.7 Å². The highest BCUT2D eigenvalue weighted by Crippen LogP contribution is 2.46. The third kappa shape index (κ3) is 2.37. The fourth-order valence-electron chi connectivity index (χ4n) is 2.49. The van der Waals surface area contributed by atoms with Crippen molar-refractivity contribution in [2.75, 3.05) is 12.4 Å². The van der Waals surface area contributed by atoms with Gasteiger partial charge in [-0.15, -0.1) is 0 Å². The Morgan fingerprint density at radius 1 is 1.50 bits per heavy atom. The van der Waals surface area contributed by atoms with Crippen molar-refractivity contribution >= 4 is 15.8 Å². The van der Waals surface area contributed by atoms with Crippen LogP contribution in [0.2, 0.25) is 0 Å². The average Bonchev–Trinajstić information content (AvgIpc) is 2.68. The minimum Gasteiger partial charge on any atom is -0.465 e. The quantitative estimate of drug-likeness (QED) is 0.721. The zero-order valence-electron chi connectivity index (χ0n) is 11.0. The number of carbonyl (C=O) groups excluding carboxylic acids is 1. The van der Waals surface area contributed by atoms with E-state index in [9.17, 15) is 18.5 Å². The second kappa shape index (κ2) is 5.27. The van der Waals surface area contributed by atoms with Crippen molar-refractivity contribution < 1.29 is 17.9 Å². The molecule has 0 aromatic heterocycles. The van der Waals surface area contributed by atoms with Crippen LogP contribution in [0.25, 0.3) is 0 Å². The van der Waals surface area contributed by atoms with Gasteiger partial charge in [0.1, 0.15) is 0 Å². The molecule has 0 radical (unpaired) electrons. The van der Waals surface area contributed by atoms with Crippen LogP contribution in [0.15, 0.2) is 0 Å². The summed E-state index contributed by atoms with van der Waals surface area (Å²) in [5, 5.41) is 8.68. The second-order valence-electron chi connectivity index (χ2n) is 4.72. The van der Waals surface area contributed by atoms with Gasteiger partial charge in [0.05, 0.1) is 17.9 Å². The van der Waals surface area contributed by atoms with Crippen LogP contribution in [-0.2, 0) is 19.4 Å². The van der Waals surface area contributed by atoms with Crippen LogP contribution in [-0.4, -0.2) is 32.0 Å². The van der Waals surface area contributed by atoms with Crippen molar-refractivity contribution in [3.05, 3.63) is 0 Å². The molecule has 102 valence electrons. The van der Waals surface area contributed by atoms with Crippen molar-refractivity contribution in [3.8, 4) is 6.07 Å². The maximum Gasteiger partial charge on any atom is 0.326 e. The summed E-state index contributed by atoms with van der Waals surface area (Å²) in [4.78, 5) is 11.9. The molecule has 6 heteroatoms. The summed E-state index contributed by atoms with van der Waals surface area (Å²) >= 11 is 0. The normalized spacial score (nSPS) is 31.9. The molecule has 1 rings (SSSR count). The van der Waals surface area contributed by atoms with Crippen molar-refractivity contribution in [2.24, 2.45) is 11.3 Å². The smallest absolute Gasteiger partial charge is 0.326 e. The summed E-state index contributed by atoms with van der Waals surface area (Å²) in [7, 11) is -3.22. The lowest BCUT2D eigenvalue weighted by molar-refractivity contribution is -0.153. The van der Waals surface area contributed by atoms with Gasteiger partial charge in [0.15, 0.2) is 15.3 Å². The maximum atomic E-state index is 11.9. The summed E-state index contributed by atoms with van der Waals surface area (Å²) < 4.78 is 28.7. The number of hydrogen-bond acceptors (Lipinski definition) is 5. The predicted octanol–water partition coefficient (Wildman–Crippen LogP) is 1.29. The van der Waals surface area contributed by atoms with Crippen LogP contribution in [0, 0.1) is 22.7 Å². The number of sulfone groups is 1. The highest BCUT2D eigenvalue weighted by atomic mass is 32.2. The highest BCUT2D eigenvalue weighted by Gasteiger charge is 2.55. The summed E-state index contributed by atoms with van der Waals surface area (Å²) in [5.74, 6) is -0.851. The van der Waals surface area contributed by atoms with Crippen LogP contribution < -0.4 is 0 Å². The van der Waals surface area contributed by atoms with Gasteiger partial charge in [-0.25, -0.2) is 8.42 Å². The van der Waals surface area contributed by atoms with E-state index in [0.29, 0.717) is 6.42 Å². The first-order valence-electron chi connectivity index (χ1n) is 6.14. The second-order valence-corrected chi connectivity index (χ2v) is 7.29. The van der Waals surface area contributed by atoms with E-state index < -0.39 is 26.5 Å². The molecule has 0 spiro atoms. The molecule has 0 bridgehead atoms. The molecule has 0 amide bonds. The van der Waals surface area contributed by atoms with E-state index >= 15 is 0 Å². The van der Waals surface area contributed by atoms with Crippen molar-refractivity contribution in [3.63, 3.8) is 0 Å². The Labute approximate surface area is 108 Å². The SMILES string of the molecule is CCOC(=O)[C@@]1(C#N)C[C@@H](S(=O)(=O)CC)C[C@@H]1C. The number of hydrogen-bond donors (Lipinski definition) is 0. The zero-order valence-corrected chi connectivity index (χ0v) is 11.8. The Bertz CT molecular complexity index is 465. The van der Waals surface area contributed by atoms with Crippen molar-refractivity contribution in [2.45, 2.75) is 38.9 Å². The van der Waals surface area contributed by atoms with Gasteiger partial charge in [0.2, 0.25) is 0 Å². The number of esters is 1. The third-order valence-corrected chi connectivity index (χ3v) is 5.94. The number of ether oxygens (including phenoxy) is 1. The molecule has 18 heavy (non-hydrogen) atoms. The molecular formula is C12H19NO4S. The minimum atomic E-state index is -3.22. The van der Waals surface area contributed by atoms with Crippen LogP contribution in [0.5, 0.6) is 0 Å². The van der Waals surface area contributed by atoms with Crippen LogP contribution in [0.1, 0.15) is 33.6 Å². The molecule has 0 saturated heterocycles. The Hall–Kier alpha value is -1.09.